The lowest BCUT2D eigenvalue weighted by Crippen LogP contribution is -2.64. The molecule has 396 valence electrons. The SMILES string of the molecule is CC(C)c1cc(C(C)C)c(B2c3ccc(N(c4ccccc4)c4ccccc4)cc3N(c3ccccc3)c3cc4c(cc32)B2c3ccccc3Sc3cc(N(c5ccccc5)c5ccccc5)cc(c32)N4c2ccccc2)c(C(C)C)c1. The molecule has 3 aliphatic rings. The second kappa shape index (κ2) is 21.2. The molecule has 0 unspecified atom stereocenters. The fraction of sp³-hybridized carbons (Fsp3) is 0.120. The van der Waals surface area contributed by atoms with E-state index in [0.717, 1.165) is 45.5 Å². The molecule has 0 radical (unpaired) electrons. The molecule has 0 saturated heterocycles. The number of rotatable bonds is 12. The predicted molar refractivity (Wildman–Crippen MR) is 354 cm³/mol. The first kappa shape index (κ1) is 51.3. The van der Waals surface area contributed by atoms with Crippen LogP contribution < -0.4 is 52.4 Å². The van der Waals surface area contributed by atoms with Gasteiger partial charge in [0.2, 0.25) is 13.4 Å². The van der Waals surface area contributed by atoms with Crippen molar-refractivity contribution >= 4 is 126 Å². The third kappa shape index (κ3) is 8.81. The second-order valence-electron chi connectivity index (χ2n) is 23.0. The predicted octanol–water partition coefficient (Wildman–Crippen LogP) is 17.1. The van der Waals surface area contributed by atoms with E-state index in [9.17, 15) is 0 Å². The summed E-state index contributed by atoms with van der Waals surface area (Å²) in [5.41, 5.74) is 25.9. The number of anilines is 12. The molecule has 0 saturated carbocycles. The average molecular weight is 1080 g/mol. The molecule has 11 aromatic rings. The van der Waals surface area contributed by atoms with Crippen LogP contribution in [0.3, 0.4) is 0 Å². The van der Waals surface area contributed by atoms with Crippen molar-refractivity contribution in [2.24, 2.45) is 0 Å². The summed E-state index contributed by atoms with van der Waals surface area (Å²) in [6.45, 7) is 14.2. The van der Waals surface area contributed by atoms with Gasteiger partial charge in [-0.05, 0) is 165 Å². The minimum absolute atomic E-state index is 0.0454. The zero-order valence-corrected chi connectivity index (χ0v) is 48.2. The highest BCUT2D eigenvalue weighted by Crippen LogP contribution is 2.49. The lowest BCUT2D eigenvalue weighted by atomic mass is 9.30. The first-order valence-corrected chi connectivity index (χ1v) is 30.0. The van der Waals surface area contributed by atoms with Gasteiger partial charge in [-0.1, -0.05) is 216 Å². The Kier molecular flexibility index (Phi) is 13.3. The summed E-state index contributed by atoms with van der Waals surface area (Å²) >= 11 is 1.91. The van der Waals surface area contributed by atoms with Crippen molar-refractivity contribution < 1.29 is 0 Å². The first-order valence-electron chi connectivity index (χ1n) is 29.1. The van der Waals surface area contributed by atoms with Gasteiger partial charge in [-0.25, -0.2) is 0 Å². The van der Waals surface area contributed by atoms with Crippen LogP contribution in [0.5, 0.6) is 0 Å². The van der Waals surface area contributed by atoms with Crippen molar-refractivity contribution in [1.82, 2.24) is 0 Å². The van der Waals surface area contributed by atoms with E-state index >= 15 is 0 Å². The number of hydrogen-bond acceptors (Lipinski definition) is 5. The van der Waals surface area contributed by atoms with E-state index in [1.54, 1.807) is 0 Å². The summed E-state index contributed by atoms with van der Waals surface area (Å²) in [7, 11) is 0. The largest absolute Gasteiger partial charge is 0.311 e. The molecule has 0 bridgehead atoms. The molecule has 4 nitrogen and oxygen atoms in total. The molecular formula is C75H64B2N4S. The highest BCUT2D eigenvalue weighted by atomic mass is 32.2. The molecule has 3 aliphatic heterocycles. The van der Waals surface area contributed by atoms with Gasteiger partial charge in [0.05, 0.1) is 0 Å². The normalized spacial score (nSPS) is 12.9. The van der Waals surface area contributed by atoms with Crippen LogP contribution in [0.4, 0.5) is 68.2 Å². The third-order valence-corrected chi connectivity index (χ3v) is 18.1. The van der Waals surface area contributed by atoms with Crippen LogP contribution in [0.1, 0.15) is 76.0 Å². The van der Waals surface area contributed by atoms with Gasteiger partial charge in [-0.2, -0.15) is 0 Å². The molecule has 7 heteroatoms. The summed E-state index contributed by atoms with van der Waals surface area (Å²) in [6, 6.07) is 97.4. The minimum atomic E-state index is -0.103. The maximum absolute atomic E-state index is 2.67. The molecule has 0 fully saturated rings. The summed E-state index contributed by atoms with van der Waals surface area (Å²) in [4.78, 5) is 12.6. The van der Waals surface area contributed by atoms with Gasteiger partial charge in [-0.15, -0.1) is 0 Å². The second-order valence-corrected chi connectivity index (χ2v) is 24.1. The molecule has 3 heterocycles. The van der Waals surface area contributed by atoms with E-state index in [4.69, 9.17) is 0 Å². The maximum atomic E-state index is 2.67. The van der Waals surface area contributed by atoms with Crippen molar-refractivity contribution in [1.29, 1.82) is 0 Å². The molecule has 0 spiro atoms. The van der Waals surface area contributed by atoms with E-state index in [1.165, 1.54) is 82.0 Å². The fourth-order valence-corrected chi connectivity index (χ4v) is 14.5. The molecule has 14 rings (SSSR count). The Labute approximate surface area is 489 Å². The maximum Gasteiger partial charge on any atom is 0.249 e. The van der Waals surface area contributed by atoms with Gasteiger partial charge < -0.3 is 19.6 Å². The number of benzene rings is 11. The lowest BCUT2D eigenvalue weighted by molar-refractivity contribution is 0.812. The Hall–Kier alpha value is -8.90. The van der Waals surface area contributed by atoms with Gasteiger partial charge in [0, 0.05) is 78.0 Å². The van der Waals surface area contributed by atoms with E-state index in [-0.39, 0.29) is 25.3 Å². The highest BCUT2D eigenvalue weighted by molar-refractivity contribution is 8.00. The van der Waals surface area contributed by atoms with Gasteiger partial charge in [0.25, 0.3) is 0 Å². The van der Waals surface area contributed by atoms with Gasteiger partial charge in [0.15, 0.2) is 0 Å². The fourth-order valence-electron chi connectivity index (χ4n) is 13.3. The lowest BCUT2D eigenvalue weighted by Gasteiger charge is -2.44. The van der Waals surface area contributed by atoms with Gasteiger partial charge in [0.1, 0.15) is 0 Å². The average Bonchev–Trinajstić information content (AvgIpc) is 2.35. The molecule has 0 atom stereocenters. The van der Waals surface area contributed by atoms with Crippen LogP contribution in [0.25, 0.3) is 0 Å². The first-order chi connectivity index (χ1) is 40.2. The summed E-state index contributed by atoms with van der Waals surface area (Å²) in [5, 5.41) is 0. The van der Waals surface area contributed by atoms with Gasteiger partial charge in [-0.3, -0.25) is 0 Å². The van der Waals surface area contributed by atoms with Crippen molar-refractivity contribution in [3.8, 4) is 0 Å². The number of hydrogen-bond donors (Lipinski definition) is 0. The van der Waals surface area contributed by atoms with Crippen molar-refractivity contribution in [2.45, 2.75) is 69.1 Å². The molecule has 82 heavy (non-hydrogen) atoms. The summed E-state index contributed by atoms with van der Waals surface area (Å²) in [6.07, 6.45) is 0. The Bertz CT molecular complexity index is 4030. The molecule has 0 N–H and O–H groups in total. The van der Waals surface area contributed by atoms with Crippen LogP contribution in [-0.4, -0.2) is 13.4 Å². The third-order valence-electron chi connectivity index (χ3n) is 17.0. The van der Waals surface area contributed by atoms with E-state index in [0.29, 0.717) is 5.92 Å². The topological polar surface area (TPSA) is 13.0 Å². The standard InChI is InChI=1S/C75H64B2N4S/c1-50(2)53-43-62(51(3)4)74(63(44-53)52(5)6)76-64-42-41-60(78(54-27-13-7-14-28-54)55-29-15-8-16-30-55)45-68(64)80(58-35-21-11-22-36-58)69-49-70-67(48-66(69)76)77-65-39-25-26-40-72(65)82-73-47-61(46-71(75(73)77)81(70)59-37-23-12-24-38-59)79(56-31-17-9-18-32-56)57-33-19-10-20-34-57/h7-52H,1-6H3. The van der Waals surface area contributed by atoms with Crippen molar-refractivity contribution in [2.75, 3.05) is 19.6 Å². The van der Waals surface area contributed by atoms with Crippen LogP contribution >= 0.6 is 11.8 Å². The van der Waals surface area contributed by atoms with Crippen molar-refractivity contribution in [3.05, 3.63) is 278 Å². The summed E-state index contributed by atoms with van der Waals surface area (Å²) in [5.74, 6) is 0.940. The smallest absolute Gasteiger partial charge is 0.249 e. The summed E-state index contributed by atoms with van der Waals surface area (Å²) < 4.78 is 0. The van der Waals surface area contributed by atoms with Crippen LogP contribution in [0.15, 0.2) is 271 Å². The zero-order chi connectivity index (χ0) is 55.6. The Balaban J connectivity index is 1.10. The molecule has 0 aliphatic carbocycles. The molecule has 11 aromatic carbocycles. The zero-order valence-electron chi connectivity index (χ0n) is 47.4. The molecular weight excluding hydrogens is 1010 g/mol. The van der Waals surface area contributed by atoms with E-state index in [2.05, 4.69) is 322 Å². The van der Waals surface area contributed by atoms with Crippen LogP contribution in [-0.2, 0) is 0 Å². The molecule has 0 amide bonds. The monoisotopic (exact) mass is 1070 g/mol. The Morgan fingerprint density at radius 1 is 0.305 bits per heavy atom. The van der Waals surface area contributed by atoms with Crippen molar-refractivity contribution in [3.63, 3.8) is 0 Å². The Morgan fingerprint density at radius 3 is 1.21 bits per heavy atom. The Morgan fingerprint density at radius 2 is 0.720 bits per heavy atom. The quantitative estimate of drug-likeness (QED) is 0.113. The number of fused-ring (bicyclic) bond motifs is 6. The van der Waals surface area contributed by atoms with Crippen LogP contribution in [0.2, 0.25) is 0 Å². The van der Waals surface area contributed by atoms with E-state index < -0.39 is 0 Å². The number of nitrogens with zero attached hydrogens (tertiary/aromatic N) is 4. The van der Waals surface area contributed by atoms with E-state index in [1.807, 2.05) is 11.8 Å². The molecule has 0 aromatic heterocycles. The van der Waals surface area contributed by atoms with Gasteiger partial charge >= 0.3 is 0 Å². The van der Waals surface area contributed by atoms with Crippen LogP contribution in [0, 0.1) is 0 Å². The number of para-hydroxylation sites is 6. The minimum Gasteiger partial charge on any atom is -0.311 e. The highest BCUT2D eigenvalue weighted by Gasteiger charge is 2.46.